The Morgan fingerprint density at radius 3 is 2.33 bits per heavy atom. The van der Waals surface area contributed by atoms with E-state index in [4.69, 9.17) is 4.74 Å². The summed E-state index contributed by atoms with van der Waals surface area (Å²) in [5.41, 5.74) is 2.26. The number of nitrogens with one attached hydrogen (secondary N) is 1. The van der Waals surface area contributed by atoms with Crippen molar-refractivity contribution in [3.63, 3.8) is 0 Å². The first-order valence-corrected chi connectivity index (χ1v) is 6.54. The average molecular weight is 251 g/mol. The zero-order chi connectivity index (χ0) is 13.7. The van der Waals surface area contributed by atoms with Crippen molar-refractivity contribution in [3.8, 4) is 5.75 Å². The second-order valence-electron chi connectivity index (χ2n) is 5.21. The number of hydrogen-bond acceptors (Lipinski definition) is 3. The molecule has 0 radical (unpaired) electrons. The Hall–Kier alpha value is -1.06. The van der Waals surface area contributed by atoms with Crippen LogP contribution in [0.5, 0.6) is 5.75 Å². The molecule has 3 nitrogen and oxygen atoms in total. The summed E-state index contributed by atoms with van der Waals surface area (Å²) in [6.07, 6.45) is 0. The van der Waals surface area contributed by atoms with Gasteiger partial charge in [-0.15, -0.1) is 0 Å². The molecule has 0 aliphatic rings. The highest BCUT2D eigenvalue weighted by Gasteiger charge is 2.17. The van der Waals surface area contributed by atoms with Crippen molar-refractivity contribution in [1.82, 2.24) is 5.32 Å². The van der Waals surface area contributed by atoms with E-state index in [-0.39, 0.29) is 12.6 Å². The highest BCUT2D eigenvalue weighted by atomic mass is 16.5. The van der Waals surface area contributed by atoms with E-state index < -0.39 is 0 Å². The molecule has 1 atom stereocenters. The maximum atomic E-state index is 9.51. The van der Waals surface area contributed by atoms with Gasteiger partial charge in [0.05, 0.1) is 19.8 Å². The number of methoxy groups -OCH3 is 1. The Balaban J connectivity index is 3.06. The lowest BCUT2D eigenvalue weighted by atomic mass is 9.98. The van der Waals surface area contributed by atoms with Crippen LogP contribution in [0.15, 0.2) is 18.2 Å². The third-order valence-electron chi connectivity index (χ3n) is 3.02. The van der Waals surface area contributed by atoms with Gasteiger partial charge < -0.3 is 15.2 Å². The Bertz CT molecular complexity index is 375. The van der Waals surface area contributed by atoms with Gasteiger partial charge in [0, 0.05) is 11.6 Å². The molecule has 0 spiro atoms. The van der Waals surface area contributed by atoms with Crippen LogP contribution in [0.2, 0.25) is 0 Å². The van der Waals surface area contributed by atoms with E-state index in [0.717, 1.165) is 11.3 Å². The molecule has 0 bridgehead atoms. The van der Waals surface area contributed by atoms with Gasteiger partial charge in [-0.05, 0) is 17.5 Å². The first-order valence-electron chi connectivity index (χ1n) is 6.54. The lowest BCUT2D eigenvalue weighted by Gasteiger charge is -2.22. The summed E-state index contributed by atoms with van der Waals surface area (Å²) in [7, 11) is 1.67. The lowest BCUT2D eigenvalue weighted by Crippen LogP contribution is -2.30. The van der Waals surface area contributed by atoms with Gasteiger partial charge in [0.15, 0.2) is 0 Å². The number of rotatable bonds is 6. The molecule has 0 aliphatic carbocycles. The smallest absolute Gasteiger partial charge is 0.124 e. The van der Waals surface area contributed by atoms with Crippen LogP contribution in [0.1, 0.15) is 50.8 Å². The second-order valence-corrected chi connectivity index (χ2v) is 5.21. The van der Waals surface area contributed by atoms with E-state index >= 15 is 0 Å². The van der Waals surface area contributed by atoms with Crippen LogP contribution >= 0.6 is 0 Å². The molecule has 3 heteroatoms. The predicted molar refractivity (Wildman–Crippen MR) is 75.2 cm³/mol. The minimum Gasteiger partial charge on any atom is -0.496 e. The summed E-state index contributed by atoms with van der Waals surface area (Å²) >= 11 is 0. The summed E-state index contributed by atoms with van der Waals surface area (Å²) in [5, 5.41) is 12.8. The molecule has 1 unspecified atom stereocenters. The van der Waals surface area contributed by atoms with Crippen molar-refractivity contribution in [1.29, 1.82) is 0 Å². The fourth-order valence-corrected chi connectivity index (χ4v) is 2.02. The molecule has 18 heavy (non-hydrogen) atoms. The maximum absolute atomic E-state index is 9.51. The SMILES string of the molecule is COc1cc(C(C)C)ccc1C(CO)NC(C)C. The van der Waals surface area contributed by atoms with E-state index in [9.17, 15) is 5.11 Å². The standard InChI is InChI=1S/C15H25NO2/c1-10(2)12-6-7-13(15(8-12)18-5)14(9-17)16-11(3)4/h6-8,10-11,14,16-17H,9H2,1-5H3. The minimum atomic E-state index is -0.0823. The molecular weight excluding hydrogens is 226 g/mol. The Morgan fingerprint density at radius 1 is 1.22 bits per heavy atom. The highest BCUT2D eigenvalue weighted by Crippen LogP contribution is 2.29. The van der Waals surface area contributed by atoms with Gasteiger partial charge >= 0.3 is 0 Å². The molecular formula is C15H25NO2. The van der Waals surface area contributed by atoms with Crippen LogP contribution in [0.4, 0.5) is 0 Å². The lowest BCUT2D eigenvalue weighted by molar-refractivity contribution is 0.234. The van der Waals surface area contributed by atoms with E-state index in [0.29, 0.717) is 12.0 Å². The Morgan fingerprint density at radius 2 is 1.89 bits per heavy atom. The van der Waals surface area contributed by atoms with E-state index in [1.165, 1.54) is 5.56 Å². The molecule has 1 rings (SSSR count). The molecule has 1 aromatic rings. The van der Waals surface area contributed by atoms with E-state index in [2.05, 4.69) is 45.1 Å². The molecule has 2 N–H and O–H groups in total. The summed E-state index contributed by atoms with van der Waals surface area (Å²) in [4.78, 5) is 0. The zero-order valence-electron chi connectivity index (χ0n) is 12.0. The van der Waals surface area contributed by atoms with Gasteiger partial charge in [-0.2, -0.15) is 0 Å². The molecule has 0 heterocycles. The molecule has 0 aromatic heterocycles. The largest absolute Gasteiger partial charge is 0.496 e. The monoisotopic (exact) mass is 251 g/mol. The van der Waals surface area contributed by atoms with Gasteiger partial charge in [-0.3, -0.25) is 0 Å². The predicted octanol–water partition coefficient (Wildman–Crippen LogP) is 2.85. The van der Waals surface area contributed by atoms with Crippen LogP contribution < -0.4 is 10.1 Å². The normalized spacial score (nSPS) is 13.1. The Kier molecular flexibility index (Phi) is 5.63. The first-order chi connectivity index (χ1) is 8.49. The molecule has 1 aromatic carbocycles. The summed E-state index contributed by atoms with van der Waals surface area (Å²) < 4.78 is 5.45. The van der Waals surface area contributed by atoms with Crippen LogP contribution in [-0.2, 0) is 0 Å². The molecule has 0 saturated carbocycles. The van der Waals surface area contributed by atoms with Crippen molar-refractivity contribution >= 4 is 0 Å². The van der Waals surface area contributed by atoms with Crippen LogP contribution in [0, 0.1) is 0 Å². The van der Waals surface area contributed by atoms with Crippen LogP contribution in [-0.4, -0.2) is 24.9 Å². The molecule has 0 saturated heterocycles. The van der Waals surface area contributed by atoms with Gasteiger partial charge in [-0.1, -0.05) is 39.8 Å². The summed E-state index contributed by atoms with van der Waals surface area (Å²) in [6.45, 7) is 8.51. The van der Waals surface area contributed by atoms with Crippen molar-refractivity contribution < 1.29 is 9.84 Å². The van der Waals surface area contributed by atoms with Gasteiger partial charge in [-0.25, -0.2) is 0 Å². The number of ether oxygens (including phenoxy) is 1. The second kappa shape index (κ2) is 6.76. The number of hydrogen-bond donors (Lipinski definition) is 2. The maximum Gasteiger partial charge on any atom is 0.124 e. The molecule has 0 aliphatic heterocycles. The van der Waals surface area contributed by atoms with Crippen molar-refractivity contribution in [2.75, 3.05) is 13.7 Å². The fourth-order valence-electron chi connectivity index (χ4n) is 2.02. The van der Waals surface area contributed by atoms with E-state index in [1.54, 1.807) is 7.11 Å². The minimum absolute atomic E-state index is 0.0650. The highest BCUT2D eigenvalue weighted by molar-refractivity contribution is 5.40. The summed E-state index contributed by atoms with van der Waals surface area (Å²) in [6, 6.07) is 6.44. The first kappa shape index (κ1) is 15.0. The van der Waals surface area contributed by atoms with E-state index in [1.807, 2.05) is 6.07 Å². The third kappa shape index (κ3) is 3.72. The topological polar surface area (TPSA) is 41.5 Å². The van der Waals surface area contributed by atoms with Crippen molar-refractivity contribution in [3.05, 3.63) is 29.3 Å². The van der Waals surface area contributed by atoms with Crippen molar-refractivity contribution in [2.45, 2.75) is 45.7 Å². The Labute approximate surface area is 110 Å². The molecule has 0 fully saturated rings. The van der Waals surface area contributed by atoms with Gasteiger partial charge in [0.25, 0.3) is 0 Å². The van der Waals surface area contributed by atoms with Crippen LogP contribution in [0.3, 0.4) is 0 Å². The number of aliphatic hydroxyl groups is 1. The number of aliphatic hydroxyl groups excluding tert-OH is 1. The average Bonchev–Trinajstić information content (AvgIpc) is 2.34. The number of benzene rings is 1. The fraction of sp³-hybridized carbons (Fsp3) is 0.600. The quantitative estimate of drug-likeness (QED) is 0.817. The van der Waals surface area contributed by atoms with Gasteiger partial charge in [0.1, 0.15) is 5.75 Å². The van der Waals surface area contributed by atoms with Crippen molar-refractivity contribution in [2.24, 2.45) is 0 Å². The molecule has 0 amide bonds. The summed E-state index contributed by atoms with van der Waals surface area (Å²) in [5.74, 6) is 1.31. The molecule has 102 valence electrons. The third-order valence-corrected chi connectivity index (χ3v) is 3.02. The van der Waals surface area contributed by atoms with Gasteiger partial charge in [0.2, 0.25) is 0 Å². The van der Waals surface area contributed by atoms with Crippen LogP contribution in [0.25, 0.3) is 0 Å². The zero-order valence-corrected chi connectivity index (χ0v) is 12.0.